The average Bonchev–Trinajstić information content (AvgIpc) is 1.25. The van der Waals surface area contributed by atoms with E-state index in [-0.39, 0.29) is 0 Å². The van der Waals surface area contributed by atoms with Gasteiger partial charge in [-0.05, 0) is 35.0 Å². The quantitative estimate of drug-likeness (QED) is 0.497. The third-order valence-corrected chi connectivity index (χ3v) is 0. The van der Waals surface area contributed by atoms with Crippen molar-refractivity contribution >= 4 is 0 Å². The van der Waals surface area contributed by atoms with Crippen molar-refractivity contribution in [1.82, 2.24) is 4.90 Å². The van der Waals surface area contributed by atoms with E-state index in [1.54, 1.807) is 6.92 Å². The lowest BCUT2D eigenvalue weighted by Crippen LogP contribution is -1.99. The van der Waals surface area contributed by atoms with Crippen LogP contribution >= 0.6 is 0 Å². The summed E-state index contributed by atoms with van der Waals surface area (Å²) >= 11 is 0. The van der Waals surface area contributed by atoms with Crippen LogP contribution in [0.2, 0.25) is 0 Å². The predicted molar refractivity (Wildman–Crippen MR) is 36.6 cm³/mol. The van der Waals surface area contributed by atoms with E-state index in [9.17, 15) is 0 Å². The fraction of sp³-hybridized carbons (Fsp3) is 0.833. The SMILES string of the molecule is CN(C)C.[CH2]C(C)O. The lowest BCUT2D eigenvalue weighted by atomic mass is 10.5. The van der Waals surface area contributed by atoms with Crippen LogP contribution in [0.3, 0.4) is 0 Å². The van der Waals surface area contributed by atoms with Crippen LogP contribution < -0.4 is 0 Å². The van der Waals surface area contributed by atoms with Crippen molar-refractivity contribution in [1.29, 1.82) is 0 Å². The first-order valence-corrected chi connectivity index (χ1v) is 2.59. The lowest BCUT2D eigenvalue weighted by Gasteiger charge is -1.90. The van der Waals surface area contributed by atoms with Gasteiger partial charge in [0.2, 0.25) is 0 Å². The number of aliphatic hydroxyl groups is 1. The molecule has 0 rings (SSSR count). The Kier molecular flexibility index (Phi) is 9.36. The van der Waals surface area contributed by atoms with Crippen LogP contribution in [0.25, 0.3) is 0 Å². The Morgan fingerprint density at radius 2 is 1.38 bits per heavy atom. The molecule has 1 radical (unpaired) electrons. The molecule has 0 bridgehead atoms. The number of nitrogens with zero attached hydrogens (tertiary/aromatic N) is 1. The third-order valence-electron chi connectivity index (χ3n) is 0. The van der Waals surface area contributed by atoms with Gasteiger partial charge in [-0.1, -0.05) is 0 Å². The summed E-state index contributed by atoms with van der Waals surface area (Å²) in [4.78, 5) is 2.00. The summed E-state index contributed by atoms with van der Waals surface area (Å²) in [5.41, 5.74) is 0. The average molecular weight is 118 g/mol. The van der Waals surface area contributed by atoms with Gasteiger partial charge in [0.15, 0.2) is 0 Å². The Morgan fingerprint density at radius 3 is 1.38 bits per heavy atom. The molecule has 8 heavy (non-hydrogen) atoms. The molecule has 0 fully saturated rings. The fourth-order valence-electron chi connectivity index (χ4n) is 0. The molecular formula is C6H16NO. The molecule has 0 saturated heterocycles. The molecule has 0 saturated carbocycles. The van der Waals surface area contributed by atoms with Crippen molar-refractivity contribution in [2.24, 2.45) is 0 Å². The Balaban J connectivity index is 0. The molecule has 0 aromatic heterocycles. The van der Waals surface area contributed by atoms with E-state index in [0.29, 0.717) is 0 Å². The first-order chi connectivity index (χ1) is 3.46. The molecule has 0 aliphatic rings. The second-order valence-corrected chi connectivity index (χ2v) is 2.19. The monoisotopic (exact) mass is 118 g/mol. The maximum absolute atomic E-state index is 7.94. The molecule has 0 aliphatic heterocycles. The highest BCUT2D eigenvalue weighted by Gasteiger charge is 1.69. The van der Waals surface area contributed by atoms with Gasteiger partial charge in [0.25, 0.3) is 0 Å². The minimum absolute atomic E-state index is 0.417. The number of rotatable bonds is 0. The summed E-state index contributed by atoms with van der Waals surface area (Å²) in [6.07, 6.45) is -0.417. The van der Waals surface area contributed by atoms with Crippen molar-refractivity contribution in [2.75, 3.05) is 21.1 Å². The predicted octanol–water partition coefficient (Wildman–Crippen LogP) is 0.379. The summed E-state index contributed by atoms with van der Waals surface area (Å²) in [5, 5.41) is 7.94. The lowest BCUT2D eigenvalue weighted by molar-refractivity contribution is 0.241. The fourth-order valence-corrected chi connectivity index (χ4v) is 0. The van der Waals surface area contributed by atoms with Crippen LogP contribution in [0.1, 0.15) is 6.92 Å². The van der Waals surface area contributed by atoms with Gasteiger partial charge >= 0.3 is 0 Å². The molecule has 51 valence electrons. The third kappa shape index (κ3) is 22400. The molecule has 1 N–H and O–H groups in total. The van der Waals surface area contributed by atoms with Crippen molar-refractivity contribution in [2.45, 2.75) is 13.0 Å². The smallest absolute Gasteiger partial charge is 0.0513 e. The number of aliphatic hydroxyl groups excluding tert-OH is 1. The molecule has 2 nitrogen and oxygen atoms in total. The zero-order valence-corrected chi connectivity index (χ0v) is 6.18. The van der Waals surface area contributed by atoms with E-state index in [1.165, 1.54) is 0 Å². The summed E-state index contributed by atoms with van der Waals surface area (Å²) < 4.78 is 0. The van der Waals surface area contributed by atoms with Gasteiger partial charge in [-0.3, -0.25) is 0 Å². The highest BCUT2D eigenvalue weighted by atomic mass is 16.3. The van der Waals surface area contributed by atoms with Gasteiger partial charge in [-0.15, -0.1) is 0 Å². The van der Waals surface area contributed by atoms with Crippen molar-refractivity contribution in [3.8, 4) is 0 Å². The topological polar surface area (TPSA) is 23.5 Å². The highest BCUT2D eigenvalue weighted by molar-refractivity contribution is 4.40. The van der Waals surface area contributed by atoms with Crippen molar-refractivity contribution in [3.63, 3.8) is 0 Å². The molecule has 0 heterocycles. The molecule has 0 aromatic rings. The molecule has 1 unspecified atom stereocenters. The van der Waals surface area contributed by atoms with Crippen LogP contribution in [0, 0.1) is 6.92 Å². The minimum atomic E-state index is -0.417. The van der Waals surface area contributed by atoms with E-state index in [0.717, 1.165) is 0 Å². The molecule has 0 spiro atoms. The Labute approximate surface area is 52.1 Å². The standard InChI is InChI=1S/C3H9N.C3H7O/c1-4(2)3;1-3(2)4/h1-3H3;3-4H,1H2,2H3. The summed E-state index contributed by atoms with van der Waals surface area (Å²) in [6, 6.07) is 0. The number of hydrogen-bond donors (Lipinski definition) is 1. The summed E-state index contributed by atoms with van der Waals surface area (Å²) in [5.74, 6) is 0. The van der Waals surface area contributed by atoms with Crippen molar-refractivity contribution in [3.05, 3.63) is 6.92 Å². The Bertz CT molecular complexity index is 24.0. The maximum atomic E-state index is 7.94. The van der Waals surface area contributed by atoms with E-state index in [2.05, 4.69) is 6.92 Å². The highest BCUT2D eigenvalue weighted by Crippen LogP contribution is 1.63. The van der Waals surface area contributed by atoms with Gasteiger partial charge in [0, 0.05) is 0 Å². The second kappa shape index (κ2) is 6.92. The van der Waals surface area contributed by atoms with Gasteiger partial charge in [-0.2, -0.15) is 0 Å². The van der Waals surface area contributed by atoms with E-state index < -0.39 is 6.10 Å². The van der Waals surface area contributed by atoms with E-state index >= 15 is 0 Å². The maximum Gasteiger partial charge on any atom is 0.0513 e. The normalized spacial score (nSPS) is 9.00. The van der Waals surface area contributed by atoms with Crippen LogP contribution in [0.4, 0.5) is 0 Å². The van der Waals surface area contributed by atoms with E-state index in [1.807, 2.05) is 26.0 Å². The van der Waals surface area contributed by atoms with Gasteiger partial charge < -0.3 is 10.0 Å². The van der Waals surface area contributed by atoms with Gasteiger partial charge in [0.05, 0.1) is 6.10 Å². The van der Waals surface area contributed by atoms with Crippen LogP contribution in [-0.2, 0) is 0 Å². The summed E-state index contributed by atoms with van der Waals surface area (Å²) in [6.45, 7) is 4.81. The summed E-state index contributed by atoms with van der Waals surface area (Å²) in [7, 11) is 6.00. The second-order valence-electron chi connectivity index (χ2n) is 2.19. The zero-order valence-electron chi connectivity index (χ0n) is 6.18. The van der Waals surface area contributed by atoms with Gasteiger partial charge in [-0.25, -0.2) is 0 Å². The van der Waals surface area contributed by atoms with Crippen LogP contribution in [0.5, 0.6) is 0 Å². The molecule has 0 aromatic carbocycles. The zero-order chi connectivity index (χ0) is 7.15. The van der Waals surface area contributed by atoms with Crippen LogP contribution in [-0.4, -0.2) is 37.3 Å². The minimum Gasteiger partial charge on any atom is -0.393 e. The van der Waals surface area contributed by atoms with Gasteiger partial charge in [0.1, 0.15) is 0 Å². The van der Waals surface area contributed by atoms with E-state index in [4.69, 9.17) is 5.11 Å². The first kappa shape index (κ1) is 10.8. The number of hydrogen-bond acceptors (Lipinski definition) is 2. The molecule has 1 atom stereocenters. The molecule has 0 amide bonds. The molecule has 2 heteroatoms. The molecule has 0 aliphatic carbocycles. The Morgan fingerprint density at radius 1 is 1.38 bits per heavy atom. The van der Waals surface area contributed by atoms with Crippen LogP contribution in [0.15, 0.2) is 0 Å². The Hall–Kier alpha value is -0.0800. The largest absolute Gasteiger partial charge is 0.393 e. The first-order valence-electron chi connectivity index (χ1n) is 2.59. The van der Waals surface area contributed by atoms with Crippen molar-refractivity contribution < 1.29 is 5.11 Å². The molecular weight excluding hydrogens is 102 g/mol.